The van der Waals surface area contributed by atoms with Crippen molar-refractivity contribution in [1.29, 1.82) is 0 Å². The number of ether oxygens (including phenoxy) is 1. The lowest BCUT2D eigenvalue weighted by Gasteiger charge is -2.06. The Morgan fingerprint density at radius 1 is 1.41 bits per heavy atom. The predicted molar refractivity (Wildman–Crippen MR) is 69.1 cm³/mol. The third kappa shape index (κ3) is 5.62. The molecule has 0 aliphatic heterocycles. The van der Waals surface area contributed by atoms with Gasteiger partial charge in [0, 0.05) is 5.02 Å². The predicted octanol–water partition coefficient (Wildman–Crippen LogP) is 2.16. The van der Waals surface area contributed by atoms with E-state index in [0.29, 0.717) is 23.8 Å². The second-order valence-electron chi connectivity index (χ2n) is 3.46. The van der Waals surface area contributed by atoms with Gasteiger partial charge in [0.05, 0.1) is 12.4 Å². The van der Waals surface area contributed by atoms with Gasteiger partial charge in [-0.3, -0.25) is 0 Å². The molecular formula is C12H13ClO3S. The van der Waals surface area contributed by atoms with E-state index in [2.05, 4.69) is 5.92 Å². The second-order valence-corrected chi connectivity index (χ2v) is 6.08. The maximum Gasteiger partial charge on any atom is 0.161 e. The first kappa shape index (κ1) is 13.9. The molecule has 0 unspecified atom stereocenters. The minimum absolute atomic E-state index is 0.0395. The van der Waals surface area contributed by atoms with E-state index in [-0.39, 0.29) is 11.5 Å². The summed E-state index contributed by atoms with van der Waals surface area (Å²) in [7, 11) is -3.14. The van der Waals surface area contributed by atoms with E-state index >= 15 is 0 Å². The summed E-state index contributed by atoms with van der Waals surface area (Å²) in [6.07, 6.45) is 5.36. The molecule has 0 aromatic heterocycles. The van der Waals surface area contributed by atoms with E-state index in [4.69, 9.17) is 22.8 Å². The third-order valence-corrected chi connectivity index (χ3v) is 3.72. The van der Waals surface area contributed by atoms with Gasteiger partial charge in [-0.2, -0.15) is 0 Å². The molecule has 1 aromatic rings. The maximum atomic E-state index is 11.3. The molecule has 3 nitrogen and oxygen atoms in total. The van der Waals surface area contributed by atoms with Crippen LogP contribution in [0.25, 0.3) is 0 Å². The molecule has 0 saturated carbocycles. The summed E-state index contributed by atoms with van der Waals surface area (Å²) in [5.41, 5.74) is 0. The first-order valence-electron chi connectivity index (χ1n) is 5.06. The van der Waals surface area contributed by atoms with Crippen molar-refractivity contribution in [3.05, 3.63) is 29.3 Å². The lowest BCUT2D eigenvalue weighted by Crippen LogP contribution is -2.12. The highest BCUT2D eigenvalue weighted by atomic mass is 35.5. The van der Waals surface area contributed by atoms with Crippen LogP contribution in [-0.2, 0) is 9.84 Å². The Balaban J connectivity index is 2.32. The molecule has 0 fully saturated rings. The third-order valence-electron chi connectivity index (χ3n) is 1.97. The molecule has 1 aromatic carbocycles. The van der Waals surface area contributed by atoms with Crippen molar-refractivity contribution in [1.82, 2.24) is 0 Å². The number of sulfone groups is 1. The van der Waals surface area contributed by atoms with Gasteiger partial charge in [0.25, 0.3) is 0 Å². The van der Waals surface area contributed by atoms with Crippen LogP contribution in [0.15, 0.2) is 24.3 Å². The van der Waals surface area contributed by atoms with Gasteiger partial charge >= 0.3 is 0 Å². The molecule has 0 aliphatic rings. The smallest absolute Gasteiger partial charge is 0.161 e. The zero-order chi connectivity index (χ0) is 12.7. The van der Waals surface area contributed by atoms with Gasteiger partial charge in [-0.05, 0) is 24.6 Å². The molecule has 0 atom stereocenters. The fraction of sp³-hybridized carbons (Fsp3) is 0.333. The van der Waals surface area contributed by atoms with Crippen molar-refractivity contribution < 1.29 is 13.2 Å². The largest absolute Gasteiger partial charge is 0.494 e. The summed E-state index contributed by atoms with van der Waals surface area (Å²) < 4.78 is 27.9. The molecule has 0 spiro atoms. The van der Waals surface area contributed by atoms with Crippen LogP contribution in [0.3, 0.4) is 0 Å². The maximum absolute atomic E-state index is 11.3. The van der Waals surface area contributed by atoms with Crippen LogP contribution in [0.4, 0.5) is 0 Å². The van der Waals surface area contributed by atoms with E-state index in [0.717, 1.165) is 0 Å². The van der Waals surface area contributed by atoms with Crippen LogP contribution in [0, 0.1) is 12.3 Å². The Morgan fingerprint density at radius 2 is 2.18 bits per heavy atom. The first-order chi connectivity index (χ1) is 8.03. The van der Waals surface area contributed by atoms with E-state index in [1.54, 1.807) is 24.3 Å². The molecule has 1 rings (SSSR count). The highest BCUT2D eigenvalue weighted by Crippen LogP contribution is 2.17. The molecule has 92 valence electrons. The summed E-state index contributed by atoms with van der Waals surface area (Å²) in [4.78, 5) is 0. The number of hydrogen-bond acceptors (Lipinski definition) is 3. The quantitative estimate of drug-likeness (QED) is 0.589. The van der Waals surface area contributed by atoms with Crippen LogP contribution in [-0.4, -0.2) is 26.5 Å². The molecule has 5 heteroatoms. The lowest BCUT2D eigenvalue weighted by atomic mass is 10.3. The van der Waals surface area contributed by atoms with Gasteiger partial charge in [0.1, 0.15) is 11.5 Å². The van der Waals surface area contributed by atoms with E-state index < -0.39 is 9.84 Å². The summed E-state index contributed by atoms with van der Waals surface area (Å²) in [6.45, 7) is 0.324. The van der Waals surface area contributed by atoms with Crippen molar-refractivity contribution in [2.24, 2.45) is 0 Å². The van der Waals surface area contributed by atoms with Crippen molar-refractivity contribution >= 4 is 21.4 Å². The van der Waals surface area contributed by atoms with E-state index in [1.165, 1.54) is 0 Å². The fourth-order valence-corrected chi connectivity index (χ4v) is 2.36. The minimum atomic E-state index is -3.14. The summed E-state index contributed by atoms with van der Waals surface area (Å²) >= 11 is 5.77. The Hall–Kier alpha value is -1.18. The zero-order valence-electron chi connectivity index (χ0n) is 9.23. The fourth-order valence-electron chi connectivity index (χ4n) is 1.22. The number of hydrogen-bond donors (Lipinski definition) is 0. The average molecular weight is 273 g/mol. The molecule has 0 amide bonds. The Bertz CT molecular complexity index is 503. The Labute approximate surface area is 107 Å². The minimum Gasteiger partial charge on any atom is -0.494 e. The number of benzene rings is 1. The van der Waals surface area contributed by atoms with Crippen LogP contribution in [0.5, 0.6) is 5.75 Å². The summed E-state index contributed by atoms with van der Waals surface area (Å²) in [5.74, 6) is 2.58. The lowest BCUT2D eigenvalue weighted by molar-refractivity contribution is 0.318. The number of halogens is 1. The molecule has 0 aliphatic carbocycles. The highest BCUT2D eigenvalue weighted by Gasteiger charge is 2.08. The SMILES string of the molecule is C#CCS(=O)(=O)CCCOc1cccc(Cl)c1. The van der Waals surface area contributed by atoms with Crippen molar-refractivity contribution in [3.8, 4) is 18.1 Å². The van der Waals surface area contributed by atoms with Gasteiger partial charge in [0.15, 0.2) is 9.84 Å². The summed E-state index contributed by atoms with van der Waals surface area (Å²) in [5, 5.41) is 0.586. The molecular weight excluding hydrogens is 260 g/mol. The normalized spacial score (nSPS) is 10.8. The molecule has 0 heterocycles. The van der Waals surface area contributed by atoms with Gasteiger partial charge in [-0.25, -0.2) is 8.42 Å². The van der Waals surface area contributed by atoms with Crippen molar-refractivity contribution in [2.75, 3.05) is 18.1 Å². The topological polar surface area (TPSA) is 43.4 Å². The van der Waals surface area contributed by atoms with Crippen molar-refractivity contribution in [3.63, 3.8) is 0 Å². The van der Waals surface area contributed by atoms with E-state index in [9.17, 15) is 8.42 Å². The zero-order valence-corrected chi connectivity index (χ0v) is 10.8. The van der Waals surface area contributed by atoms with Crippen LogP contribution < -0.4 is 4.74 Å². The molecule has 0 saturated heterocycles. The van der Waals surface area contributed by atoms with Gasteiger partial charge in [0.2, 0.25) is 0 Å². The molecule has 17 heavy (non-hydrogen) atoms. The van der Waals surface area contributed by atoms with Gasteiger partial charge < -0.3 is 4.74 Å². The van der Waals surface area contributed by atoms with Gasteiger partial charge in [-0.1, -0.05) is 23.6 Å². The average Bonchev–Trinajstić information content (AvgIpc) is 2.24. The van der Waals surface area contributed by atoms with Crippen LogP contribution in [0.1, 0.15) is 6.42 Å². The number of rotatable bonds is 6. The Morgan fingerprint density at radius 3 is 2.82 bits per heavy atom. The monoisotopic (exact) mass is 272 g/mol. The van der Waals surface area contributed by atoms with Crippen LogP contribution in [0.2, 0.25) is 5.02 Å². The molecule has 0 N–H and O–H groups in total. The van der Waals surface area contributed by atoms with Crippen LogP contribution >= 0.6 is 11.6 Å². The molecule has 0 bridgehead atoms. The Kier molecular flexibility index (Phi) is 5.33. The molecule has 0 radical (unpaired) electrons. The van der Waals surface area contributed by atoms with Crippen molar-refractivity contribution in [2.45, 2.75) is 6.42 Å². The number of terminal acetylenes is 1. The summed E-state index contributed by atoms with van der Waals surface area (Å²) in [6, 6.07) is 6.96. The standard InChI is InChI=1S/C12H13ClO3S/c1-2-8-17(14,15)9-4-7-16-12-6-3-5-11(13)10-12/h1,3,5-6,10H,4,7-9H2. The van der Waals surface area contributed by atoms with E-state index in [1.807, 2.05) is 0 Å². The van der Waals surface area contributed by atoms with Gasteiger partial charge in [-0.15, -0.1) is 6.42 Å². The second kappa shape index (κ2) is 6.53. The first-order valence-corrected chi connectivity index (χ1v) is 7.26. The highest BCUT2D eigenvalue weighted by molar-refractivity contribution is 7.91.